The molecule has 14 heavy (non-hydrogen) atoms. The predicted octanol–water partition coefficient (Wildman–Crippen LogP) is 3.34. The van der Waals surface area contributed by atoms with Gasteiger partial charge in [-0.25, -0.2) is 0 Å². The largest absolute Gasteiger partial charge is 0.309 e. The monoisotopic (exact) mass is 253 g/mol. The van der Waals surface area contributed by atoms with Gasteiger partial charge in [-0.1, -0.05) is 48.0 Å². The fourth-order valence-corrected chi connectivity index (χ4v) is 2.12. The van der Waals surface area contributed by atoms with Gasteiger partial charge in [0.1, 0.15) is 0 Å². The van der Waals surface area contributed by atoms with Gasteiger partial charge in [-0.15, -0.1) is 0 Å². The molecular weight excluding hydrogens is 238 g/mol. The number of benzene rings is 1. The van der Waals surface area contributed by atoms with E-state index in [1.165, 1.54) is 16.5 Å². The Balaban J connectivity index is 1.90. The molecule has 1 fully saturated rings. The second kappa shape index (κ2) is 3.67. The van der Waals surface area contributed by atoms with E-state index in [2.05, 4.69) is 59.4 Å². The van der Waals surface area contributed by atoms with E-state index in [1.807, 2.05) is 0 Å². The van der Waals surface area contributed by atoms with Crippen LogP contribution in [0.1, 0.15) is 25.8 Å². The molecule has 1 N–H and O–H groups in total. The highest BCUT2D eigenvalue weighted by Gasteiger charge is 2.44. The molecule has 1 aromatic carbocycles. The molecule has 1 saturated carbocycles. The van der Waals surface area contributed by atoms with Crippen LogP contribution in [-0.4, -0.2) is 6.04 Å². The molecule has 0 aliphatic heterocycles. The predicted molar refractivity (Wildman–Crippen MR) is 63.2 cm³/mol. The molecule has 2 heteroatoms. The normalized spacial score (nSPS) is 23.5. The first kappa shape index (κ1) is 10.2. The quantitative estimate of drug-likeness (QED) is 0.872. The molecule has 0 spiro atoms. The molecular formula is C12H16BrN. The van der Waals surface area contributed by atoms with Gasteiger partial charge in [0, 0.05) is 17.1 Å². The Morgan fingerprint density at radius 2 is 2.07 bits per heavy atom. The summed E-state index contributed by atoms with van der Waals surface area (Å²) < 4.78 is 1.20. The van der Waals surface area contributed by atoms with E-state index >= 15 is 0 Å². The van der Waals surface area contributed by atoms with Gasteiger partial charge in [0.2, 0.25) is 0 Å². The summed E-state index contributed by atoms with van der Waals surface area (Å²) in [4.78, 5) is 0. The highest BCUT2D eigenvalue weighted by Crippen LogP contribution is 2.44. The maximum absolute atomic E-state index is 3.57. The van der Waals surface area contributed by atoms with Crippen LogP contribution in [0.2, 0.25) is 0 Å². The first-order chi connectivity index (χ1) is 6.59. The zero-order valence-electron chi connectivity index (χ0n) is 8.68. The van der Waals surface area contributed by atoms with Crippen LogP contribution in [-0.2, 0) is 6.54 Å². The van der Waals surface area contributed by atoms with Crippen LogP contribution in [0.4, 0.5) is 0 Å². The Bertz CT molecular complexity index is 333. The zero-order chi connectivity index (χ0) is 10.2. The summed E-state index contributed by atoms with van der Waals surface area (Å²) in [7, 11) is 0. The Labute approximate surface area is 94.0 Å². The van der Waals surface area contributed by atoms with Gasteiger partial charge in [-0.2, -0.15) is 0 Å². The number of hydrogen-bond acceptors (Lipinski definition) is 1. The SMILES string of the molecule is CC1(C)CC1NCc1ccccc1Br. The maximum atomic E-state index is 3.57. The molecule has 1 unspecified atom stereocenters. The Kier molecular flexibility index (Phi) is 2.67. The lowest BCUT2D eigenvalue weighted by Crippen LogP contribution is -2.20. The standard InChI is InChI=1S/C12H16BrN/c1-12(2)7-11(12)14-8-9-5-3-4-6-10(9)13/h3-6,11,14H,7-8H2,1-2H3. The smallest absolute Gasteiger partial charge is 0.0220 e. The third-order valence-electron chi connectivity index (χ3n) is 3.01. The Morgan fingerprint density at radius 3 is 2.64 bits per heavy atom. The van der Waals surface area contributed by atoms with Crippen LogP contribution in [0.15, 0.2) is 28.7 Å². The van der Waals surface area contributed by atoms with Crippen molar-refractivity contribution in [1.29, 1.82) is 0 Å². The average molecular weight is 254 g/mol. The van der Waals surface area contributed by atoms with Crippen LogP contribution >= 0.6 is 15.9 Å². The maximum Gasteiger partial charge on any atom is 0.0220 e. The lowest BCUT2D eigenvalue weighted by atomic mass is 10.2. The van der Waals surface area contributed by atoms with Crippen molar-refractivity contribution in [2.75, 3.05) is 0 Å². The topological polar surface area (TPSA) is 12.0 Å². The lowest BCUT2D eigenvalue weighted by Gasteiger charge is -2.07. The third-order valence-corrected chi connectivity index (χ3v) is 3.78. The van der Waals surface area contributed by atoms with Crippen molar-refractivity contribution in [3.63, 3.8) is 0 Å². The molecule has 0 amide bonds. The Morgan fingerprint density at radius 1 is 1.43 bits per heavy atom. The van der Waals surface area contributed by atoms with Crippen LogP contribution in [0, 0.1) is 5.41 Å². The van der Waals surface area contributed by atoms with E-state index < -0.39 is 0 Å². The van der Waals surface area contributed by atoms with Crippen LogP contribution in [0.25, 0.3) is 0 Å². The van der Waals surface area contributed by atoms with E-state index in [4.69, 9.17) is 0 Å². The average Bonchev–Trinajstić information content (AvgIpc) is 2.73. The van der Waals surface area contributed by atoms with Crippen molar-refractivity contribution in [3.05, 3.63) is 34.3 Å². The van der Waals surface area contributed by atoms with E-state index in [0.717, 1.165) is 6.54 Å². The first-order valence-electron chi connectivity index (χ1n) is 5.06. The summed E-state index contributed by atoms with van der Waals surface area (Å²) in [6.45, 7) is 5.59. The van der Waals surface area contributed by atoms with Crippen molar-refractivity contribution < 1.29 is 0 Å². The number of hydrogen-bond donors (Lipinski definition) is 1. The summed E-state index contributed by atoms with van der Waals surface area (Å²) in [5.74, 6) is 0. The molecule has 1 nitrogen and oxygen atoms in total. The molecule has 0 saturated heterocycles. The molecule has 1 aromatic rings. The summed E-state index contributed by atoms with van der Waals surface area (Å²) in [5.41, 5.74) is 1.86. The minimum absolute atomic E-state index is 0.515. The molecule has 0 heterocycles. The zero-order valence-corrected chi connectivity index (χ0v) is 10.3. The van der Waals surface area contributed by atoms with Crippen molar-refractivity contribution in [3.8, 4) is 0 Å². The molecule has 0 aromatic heterocycles. The number of nitrogens with one attached hydrogen (secondary N) is 1. The highest BCUT2D eigenvalue weighted by molar-refractivity contribution is 9.10. The lowest BCUT2D eigenvalue weighted by molar-refractivity contribution is 0.541. The fourth-order valence-electron chi connectivity index (χ4n) is 1.69. The van der Waals surface area contributed by atoms with Crippen molar-refractivity contribution in [1.82, 2.24) is 5.32 Å². The van der Waals surface area contributed by atoms with Crippen LogP contribution in [0.3, 0.4) is 0 Å². The second-order valence-corrected chi connectivity index (χ2v) is 5.57. The molecule has 2 rings (SSSR count). The van der Waals surface area contributed by atoms with Gasteiger partial charge in [0.15, 0.2) is 0 Å². The number of halogens is 1. The van der Waals surface area contributed by atoms with Gasteiger partial charge >= 0.3 is 0 Å². The van der Waals surface area contributed by atoms with Crippen LogP contribution in [0.5, 0.6) is 0 Å². The Hall–Kier alpha value is -0.340. The van der Waals surface area contributed by atoms with E-state index in [1.54, 1.807) is 0 Å². The molecule has 1 aliphatic rings. The van der Waals surface area contributed by atoms with E-state index in [-0.39, 0.29) is 0 Å². The van der Waals surface area contributed by atoms with Gasteiger partial charge in [-0.3, -0.25) is 0 Å². The molecule has 76 valence electrons. The molecule has 0 radical (unpaired) electrons. The first-order valence-corrected chi connectivity index (χ1v) is 5.86. The second-order valence-electron chi connectivity index (χ2n) is 4.72. The molecule has 1 atom stereocenters. The fraction of sp³-hybridized carbons (Fsp3) is 0.500. The summed E-state index contributed by atoms with van der Waals surface area (Å²) in [6.07, 6.45) is 1.30. The van der Waals surface area contributed by atoms with Crippen molar-refractivity contribution in [2.24, 2.45) is 5.41 Å². The van der Waals surface area contributed by atoms with Crippen LogP contribution < -0.4 is 5.32 Å². The third kappa shape index (κ3) is 2.18. The van der Waals surface area contributed by atoms with Gasteiger partial charge in [0.25, 0.3) is 0 Å². The molecule has 0 bridgehead atoms. The van der Waals surface area contributed by atoms with E-state index in [0.29, 0.717) is 11.5 Å². The van der Waals surface area contributed by atoms with Gasteiger partial charge in [0.05, 0.1) is 0 Å². The van der Waals surface area contributed by atoms with Crippen molar-refractivity contribution in [2.45, 2.75) is 32.9 Å². The summed E-state index contributed by atoms with van der Waals surface area (Å²) in [6, 6.07) is 9.09. The minimum Gasteiger partial charge on any atom is -0.309 e. The van der Waals surface area contributed by atoms with E-state index in [9.17, 15) is 0 Å². The van der Waals surface area contributed by atoms with Gasteiger partial charge in [-0.05, 0) is 23.5 Å². The minimum atomic E-state index is 0.515. The highest BCUT2D eigenvalue weighted by atomic mass is 79.9. The number of rotatable bonds is 3. The molecule has 1 aliphatic carbocycles. The van der Waals surface area contributed by atoms with Crippen molar-refractivity contribution >= 4 is 15.9 Å². The summed E-state index contributed by atoms with van der Waals surface area (Å²) in [5, 5.41) is 3.57. The van der Waals surface area contributed by atoms with Gasteiger partial charge < -0.3 is 5.32 Å². The summed E-state index contributed by atoms with van der Waals surface area (Å²) >= 11 is 3.56.